The van der Waals surface area contributed by atoms with E-state index in [-0.39, 0.29) is 0 Å². The first-order valence-electron chi connectivity index (χ1n) is 6.42. The quantitative estimate of drug-likeness (QED) is 0.478. The van der Waals surface area contributed by atoms with Crippen LogP contribution < -0.4 is 0 Å². The second-order valence-corrected chi connectivity index (χ2v) is 4.58. The first kappa shape index (κ1) is 11.9. The third kappa shape index (κ3) is 3.20. The molecule has 0 spiro atoms. The van der Waals surface area contributed by atoms with Crippen LogP contribution in [0.1, 0.15) is 30.7 Å². The Morgan fingerprint density at radius 1 is 1.12 bits per heavy atom. The number of hydrogen-bond acceptors (Lipinski definition) is 0. The molecule has 17 heavy (non-hydrogen) atoms. The van der Waals surface area contributed by atoms with E-state index in [1.165, 1.54) is 18.4 Å². The van der Waals surface area contributed by atoms with Crippen LogP contribution in [0.3, 0.4) is 0 Å². The molecule has 1 aromatic carbocycles. The Hall–Kier alpha value is -1.56. The lowest BCUT2D eigenvalue weighted by Crippen LogP contribution is -2.07. The Morgan fingerprint density at radius 2 is 1.82 bits per heavy atom. The highest BCUT2D eigenvalue weighted by molar-refractivity contribution is 5.28. The molecule has 0 radical (unpaired) electrons. The van der Waals surface area contributed by atoms with Crippen molar-refractivity contribution in [1.29, 1.82) is 0 Å². The molecule has 0 nitrogen and oxygen atoms in total. The normalized spacial score (nSPS) is 16.2. The van der Waals surface area contributed by atoms with E-state index in [1.807, 2.05) is 6.08 Å². The van der Waals surface area contributed by atoms with Crippen LogP contribution >= 0.6 is 0 Å². The zero-order valence-corrected chi connectivity index (χ0v) is 10.3. The number of benzene rings is 1. The molecular weight excluding hydrogens is 204 g/mol. The zero-order chi connectivity index (χ0) is 11.9. The molecule has 88 valence electrons. The van der Waals surface area contributed by atoms with Gasteiger partial charge in [0.25, 0.3) is 0 Å². The molecule has 0 N–H and O–H groups in total. The van der Waals surface area contributed by atoms with Crippen LogP contribution in [0, 0.1) is 5.92 Å². The van der Waals surface area contributed by atoms with E-state index < -0.39 is 0 Å². The smallest absolute Gasteiger partial charge is 0.00215 e. The Labute approximate surface area is 104 Å². The Kier molecular flexibility index (Phi) is 4.37. The lowest BCUT2D eigenvalue weighted by atomic mass is 9.83. The summed E-state index contributed by atoms with van der Waals surface area (Å²) in [5.74, 6) is 1.19. The molecular formula is C17H20. The molecule has 0 saturated heterocycles. The number of hydrogen-bond donors (Lipinski definition) is 0. The molecule has 0 heterocycles. The van der Waals surface area contributed by atoms with Gasteiger partial charge in [-0.1, -0.05) is 60.7 Å². The summed E-state index contributed by atoms with van der Waals surface area (Å²) in [4.78, 5) is 0. The van der Waals surface area contributed by atoms with Crippen LogP contribution in [0.15, 0.2) is 67.3 Å². The molecule has 0 amide bonds. The molecule has 1 aliphatic rings. The second-order valence-electron chi connectivity index (χ2n) is 4.58. The van der Waals surface area contributed by atoms with Gasteiger partial charge in [-0.15, -0.1) is 6.58 Å². The van der Waals surface area contributed by atoms with E-state index in [0.717, 1.165) is 6.42 Å². The van der Waals surface area contributed by atoms with Gasteiger partial charge in [-0.3, -0.25) is 0 Å². The van der Waals surface area contributed by atoms with Gasteiger partial charge in [-0.05, 0) is 30.7 Å². The summed E-state index contributed by atoms with van der Waals surface area (Å²) >= 11 is 0. The Balaban J connectivity index is 2.09. The van der Waals surface area contributed by atoms with Gasteiger partial charge in [0.15, 0.2) is 0 Å². The predicted molar refractivity (Wildman–Crippen MR) is 75.0 cm³/mol. The number of rotatable bonds is 6. The van der Waals surface area contributed by atoms with Crippen molar-refractivity contribution in [2.45, 2.75) is 25.2 Å². The van der Waals surface area contributed by atoms with Crippen LogP contribution in [0.25, 0.3) is 0 Å². The molecule has 1 aliphatic carbocycles. The second kappa shape index (κ2) is 6.24. The first-order chi connectivity index (χ1) is 8.42. The Bertz CT molecular complexity index is 385. The highest BCUT2D eigenvalue weighted by Gasteiger charge is 2.19. The van der Waals surface area contributed by atoms with Gasteiger partial charge in [-0.2, -0.15) is 0 Å². The predicted octanol–water partition coefficient (Wildman–Crippen LogP) is 4.87. The maximum atomic E-state index is 3.80. The van der Waals surface area contributed by atoms with Gasteiger partial charge >= 0.3 is 0 Å². The van der Waals surface area contributed by atoms with Crippen molar-refractivity contribution in [3.05, 3.63) is 72.9 Å². The van der Waals surface area contributed by atoms with Crippen molar-refractivity contribution in [3.63, 3.8) is 0 Å². The summed E-state index contributed by atoms with van der Waals surface area (Å²) in [5, 5.41) is 0. The fourth-order valence-electron chi connectivity index (χ4n) is 2.48. The minimum atomic E-state index is 0.571. The maximum Gasteiger partial charge on any atom is 0.00215 e. The average molecular weight is 224 g/mol. The topological polar surface area (TPSA) is 0 Å². The van der Waals surface area contributed by atoms with Gasteiger partial charge < -0.3 is 0 Å². The summed E-state index contributed by atoms with van der Waals surface area (Å²) in [7, 11) is 0. The van der Waals surface area contributed by atoms with Crippen molar-refractivity contribution < 1.29 is 0 Å². The van der Waals surface area contributed by atoms with Crippen LogP contribution in [-0.2, 0) is 0 Å². The van der Waals surface area contributed by atoms with Crippen molar-refractivity contribution in [3.8, 4) is 0 Å². The standard InChI is InChI=1S/C17H20/c1-2-3-5-14-17(16-12-8-9-13-16)15-10-6-4-7-11-15/h2,4,6-13,16-17H,1,3,5,14H2. The van der Waals surface area contributed by atoms with Gasteiger partial charge in [0.2, 0.25) is 0 Å². The molecule has 0 fully saturated rings. The average Bonchev–Trinajstić information content (AvgIpc) is 2.89. The molecule has 1 unspecified atom stereocenters. The van der Waals surface area contributed by atoms with Crippen molar-refractivity contribution in [2.24, 2.45) is 5.92 Å². The third-order valence-electron chi connectivity index (χ3n) is 3.39. The first-order valence-corrected chi connectivity index (χ1v) is 6.42. The van der Waals surface area contributed by atoms with Gasteiger partial charge in [0.1, 0.15) is 0 Å². The molecule has 0 aromatic heterocycles. The van der Waals surface area contributed by atoms with Gasteiger partial charge in [-0.25, -0.2) is 0 Å². The van der Waals surface area contributed by atoms with Crippen LogP contribution in [0.4, 0.5) is 0 Å². The lowest BCUT2D eigenvalue weighted by Gasteiger charge is -2.21. The maximum absolute atomic E-state index is 3.80. The highest BCUT2D eigenvalue weighted by Crippen LogP contribution is 2.33. The van der Waals surface area contributed by atoms with Crippen LogP contribution in [0.5, 0.6) is 0 Å². The minimum Gasteiger partial charge on any atom is -0.103 e. The van der Waals surface area contributed by atoms with E-state index in [1.54, 1.807) is 0 Å². The van der Waals surface area contributed by atoms with E-state index in [9.17, 15) is 0 Å². The summed E-state index contributed by atoms with van der Waals surface area (Å²) in [6.45, 7) is 3.80. The molecule has 0 bridgehead atoms. The Morgan fingerprint density at radius 3 is 2.47 bits per heavy atom. The summed E-state index contributed by atoms with van der Waals surface area (Å²) in [6.07, 6.45) is 14.5. The molecule has 2 rings (SSSR count). The summed E-state index contributed by atoms with van der Waals surface area (Å²) in [6, 6.07) is 10.9. The van der Waals surface area contributed by atoms with E-state index >= 15 is 0 Å². The monoisotopic (exact) mass is 224 g/mol. The zero-order valence-electron chi connectivity index (χ0n) is 10.3. The lowest BCUT2D eigenvalue weighted by molar-refractivity contribution is 0.532. The largest absolute Gasteiger partial charge is 0.103 e. The molecule has 1 aromatic rings. The SMILES string of the molecule is C=CCCCC(c1ccccc1)C1C=CC=C1. The molecule has 0 aliphatic heterocycles. The van der Waals surface area contributed by atoms with Crippen molar-refractivity contribution in [2.75, 3.05) is 0 Å². The molecule has 0 saturated carbocycles. The minimum absolute atomic E-state index is 0.571. The summed E-state index contributed by atoms with van der Waals surface area (Å²) < 4.78 is 0. The fraction of sp³-hybridized carbons (Fsp3) is 0.294. The van der Waals surface area contributed by atoms with E-state index in [0.29, 0.717) is 11.8 Å². The number of allylic oxidation sites excluding steroid dienone is 5. The molecule has 0 heteroatoms. The van der Waals surface area contributed by atoms with Crippen LogP contribution in [-0.4, -0.2) is 0 Å². The van der Waals surface area contributed by atoms with E-state index in [2.05, 4.69) is 61.2 Å². The van der Waals surface area contributed by atoms with Gasteiger partial charge in [0, 0.05) is 5.92 Å². The fourth-order valence-corrected chi connectivity index (χ4v) is 2.48. The van der Waals surface area contributed by atoms with E-state index in [4.69, 9.17) is 0 Å². The third-order valence-corrected chi connectivity index (χ3v) is 3.39. The molecule has 1 atom stereocenters. The number of unbranched alkanes of at least 4 members (excludes halogenated alkanes) is 1. The van der Waals surface area contributed by atoms with Crippen molar-refractivity contribution in [1.82, 2.24) is 0 Å². The highest BCUT2D eigenvalue weighted by atomic mass is 14.2. The van der Waals surface area contributed by atoms with Crippen molar-refractivity contribution >= 4 is 0 Å². The summed E-state index contributed by atoms with van der Waals surface area (Å²) in [5.41, 5.74) is 1.46. The van der Waals surface area contributed by atoms with Gasteiger partial charge in [0.05, 0.1) is 0 Å². The van der Waals surface area contributed by atoms with Crippen LogP contribution in [0.2, 0.25) is 0 Å².